The molecule has 0 saturated carbocycles. The summed E-state index contributed by atoms with van der Waals surface area (Å²) in [7, 11) is 0. The lowest BCUT2D eigenvalue weighted by molar-refractivity contribution is -0.115. The van der Waals surface area contributed by atoms with Crippen molar-refractivity contribution in [1.29, 1.82) is 0 Å². The van der Waals surface area contributed by atoms with E-state index >= 15 is 0 Å². The number of hydrogen-bond donors (Lipinski definition) is 1. The first-order chi connectivity index (χ1) is 14.6. The molecule has 0 aliphatic carbocycles. The van der Waals surface area contributed by atoms with Crippen LogP contribution in [-0.2, 0) is 11.4 Å². The van der Waals surface area contributed by atoms with Crippen molar-refractivity contribution in [2.24, 2.45) is 4.99 Å². The fraction of sp³-hybridized carbons (Fsp3) is 0.0435. The van der Waals surface area contributed by atoms with Gasteiger partial charge in [0.25, 0.3) is 5.91 Å². The molecule has 0 aromatic heterocycles. The molecule has 0 bridgehead atoms. The molecule has 0 radical (unpaired) electrons. The minimum absolute atomic E-state index is 0.179. The molecule has 7 heteroatoms. The largest absolute Gasteiger partial charge is 0.487 e. The number of rotatable bonds is 5. The zero-order chi connectivity index (χ0) is 20.9. The normalized spacial score (nSPS) is 16.1. The fourth-order valence-electron chi connectivity index (χ4n) is 2.72. The van der Waals surface area contributed by atoms with E-state index in [2.05, 4.69) is 26.2 Å². The number of para-hydroxylation sites is 1. The third-order valence-electron chi connectivity index (χ3n) is 4.20. The van der Waals surface area contributed by atoms with E-state index in [4.69, 9.17) is 16.3 Å². The molecule has 0 unspecified atom stereocenters. The Kier molecular flexibility index (Phi) is 6.57. The Morgan fingerprint density at radius 1 is 1.07 bits per heavy atom. The Labute approximate surface area is 192 Å². The fourth-order valence-corrected chi connectivity index (χ4v) is 4.07. The Bertz CT molecular complexity index is 1130. The predicted octanol–water partition coefficient (Wildman–Crippen LogP) is 6.57. The predicted molar refractivity (Wildman–Crippen MR) is 127 cm³/mol. The molecule has 1 amide bonds. The van der Waals surface area contributed by atoms with Crippen LogP contribution >= 0.6 is 39.3 Å². The highest BCUT2D eigenvalue weighted by atomic mass is 79.9. The zero-order valence-corrected chi connectivity index (χ0v) is 18.8. The van der Waals surface area contributed by atoms with Gasteiger partial charge in [-0.1, -0.05) is 63.9 Å². The Balaban J connectivity index is 1.45. The standard InChI is InChI=1S/C23H16BrClN2O2S/c24-17-9-6-15(7-10-17)14-29-20-11-8-16(12-19(20)25)13-21-22(28)27-23(30-21)26-18-4-2-1-3-5-18/h1-13H,14H2,(H,26,27,28)/b21-13-. The maximum atomic E-state index is 12.3. The van der Waals surface area contributed by atoms with Crippen molar-refractivity contribution in [3.8, 4) is 5.75 Å². The van der Waals surface area contributed by atoms with E-state index < -0.39 is 0 Å². The van der Waals surface area contributed by atoms with Gasteiger partial charge in [-0.25, -0.2) is 4.99 Å². The highest BCUT2D eigenvalue weighted by Crippen LogP contribution is 2.31. The van der Waals surface area contributed by atoms with Crippen molar-refractivity contribution in [3.63, 3.8) is 0 Å². The number of benzene rings is 3. The van der Waals surface area contributed by atoms with E-state index in [0.717, 1.165) is 21.3 Å². The molecule has 4 rings (SSSR count). The molecule has 4 nitrogen and oxygen atoms in total. The van der Waals surface area contributed by atoms with Gasteiger partial charge in [0.1, 0.15) is 12.4 Å². The molecule has 0 atom stereocenters. The van der Waals surface area contributed by atoms with Crippen molar-refractivity contribution < 1.29 is 9.53 Å². The monoisotopic (exact) mass is 498 g/mol. The van der Waals surface area contributed by atoms with Crippen LogP contribution in [0.2, 0.25) is 5.02 Å². The zero-order valence-electron chi connectivity index (χ0n) is 15.6. The smallest absolute Gasteiger partial charge is 0.264 e. The Morgan fingerprint density at radius 2 is 1.83 bits per heavy atom. The second kappa shape index (κ2) is 9.51. The molecule has 150 valence electrons. The molecule has 30 heavy (non-hydrogen) atoms. The maximum Gasteiger partial charge on any atom is 0.264 e. The number of aliphatic imine (C=N–C) groups is 1. The van der Waals surface area contributed by atoms with E-state index in [0.29, 0.717) is 27.5 Å². The van der Waals surface area contributed by atoms with Crippen molar-refractivity contribution >= 4 is 62.1 Å². The molecular formula is C23H16BrClN2O2S. The minimum atomic E-state index is -0.179. The first kappa shape index (κ1) is 20.7. The lowest BCUT2D eigenvalue weighted by Crippen LogP contribution is -2.19. The summed E-state index contributed by atoms with van der Waals surface area (Å²) in [5.41, 5.74) is 2.65. The topological polar surface area (TPSA) is 50.7 Å². The van der Waals surface area contributed by atoms with Crippen LogP contribution in [0.5, 0.6) is 5.75 Å². The number of carbonyl (C=O) groups excluding carboxylic acids is 1. The summed E-state index contributed by atoms with van der Waals surface area (Å²) in [6, 6.07) is 22.9. The van der Waals surface area contributed by atoms with E-state index in [1.165, 1.54) is 11.8 Å². The van der Waals surface area contributed by atoms with Gasteiger partial charge < -0.3 is 10.1 Å². The van der Waals surface area contributed by atoms with Gasteiger partial charge >= 0.3 is 0 Å². The summed E-state index contributed by atoms with van der Waals surface area (Å²) in [5.74, 6) is 0.415. The highest BCUT2D eigenvalue weighted by Gasteiger charge is 2.23. The van der Waals surface area contributed by atoms with Gasteiger partial charge in [0, 0.05) is 4.47 Å². The summed E-state index contributed by atoms with van der Waals surface area (Å²) in [5, 5.41) is 3.83. The highest BCUT2D eigenvalue weighted by molar-refractivity contribution is 9.10. The van der Waals surface area contributed by atoms with Gasteiger partial charge in [0.2, 0.25) is 0 Å². The van der Waals surface area contributed by atoms with Gasteiger partial charge in [-0.2, -0.15) is 0 Å². The average molecular weight is 500 g/mol. The van der Waals surface area contributed by atoms with Gasteiger partial charge in [-0.15, -0.1) is 0 Å². The molecule has 0 spiro atoms. The second-order valence-corrected chi connectivity index (χ2v) is 8.78. The van der Waals surface area contributed by atoms with Crippen LogP contribution in [-0.4, -0.2) is 11.1 Å². The number of amidine groups is 1. The summed E-state index contributed by atoms with van der Waals surface area (Å²) >= 11 is 11.1. The Hall–Kier alpha value is -2.54. The van der Waals surface area contributed by atoms with E-state index in [1.807, 2.05) is 66.7 Å². The van der Waals surface area contributed by atoms with Crippen molar-refractivity contribution in [1.82, 2.24) is 5.32 Å². The number of nitrogens with zero attached hydrogens (tertiary/aromatic N) is 1. The van der Waals surface area contributed by atoms with Gasteiger partial charge in [0.15, 0.2) is 5.17 Å². The van der Waals surface area contributed by atoms with Crippen LogP contribution in [0.15, 0.2) is 87.2 Å². The molecular weight excluding hydrogens is 484 g/mol. The number of thioether (sulfide) groups is 1. The van der Waals surface area contributed by atoms with Crippen LogP contribution in [0.4, 0.5) is 5.69 Å². The first-order valence-corrected chi connectivity index (χ1v) is 11.1. The van der Waals surface area contributed by atoms with Crippen LogP contribution in [0.25, 0.3) is 6.08 Å². The maximum absolute atomic E-state index is 12.3. The number of hydrogen-bond acceptors (Lipinski definition) is 4. The van der Waals surface area contributed by atoms with Crippen molar-refractivity contribution in [3.05, 3.63) is 98.3 Å². The van der Waals surface area contributed by atoms with Gasteiger partial charge in [-0.3, -0.25) is 4.79 Å². The van der Waals surface area contributed by atoms with Crippen molar-refractivity contribution in [2.45, 2.75) is 6.61 Å². The summed E-state index contributed by atoms with van der Waals surface area (Å²) in [6.07, 6.45) is 1.79. The molecule has 1 aliphatic rings. The number of amides is 1. The summed E-state index contributed by atoms with van der Waals surface area (Å²) in [6.45, 7) is 0.422. The quantitative estimate of drug-likeness (QED) is 0.404. The molecule has 1 aliphatic heterocycles. The lowest BCUT2D eigenvalue weighted by atomic mass is 10.2. The summed E-state index contributed by atoms with van der Waals surface area (Å²) in [4.78, 5) is 17.3. The van der Waals surface area contributed by atoms with E-state index in [-0.39, 0.29) is 5.91 Å². The van der Waals surface area contributed by atoms with Gasteiger partial charge in [-0.05, 0) is 65.4 Å². The van der Waals surface area contributed by atoms with Crippen LogP contribution in [0.3, 0.4) is 0 Å². The van der Waals surface area contributed by atoms with Gasteiger partial charge in [0.05, 0.1) is 15.6 Å². The van der Waals surface area contributed by atoms with Crippen LogP contribution < -0.4 is 10.1 Å². The number of carbonyl (C=O) groups is 1. The number of ether oxygens (including phenoxy) is 1. The molecule has 1 N–H and O–H groups in total. The average Bonchev–Trinajstić information content (AvgIpc) is 3.08. The third kappa shape index (κ3) is 5.33. The van der Waals surface area contributed by atoms with E-state index in [1.54, 1.807) is 12.1 Å². The number of halogens is 2. The van der Waals surface area contributed by atoms with Crippen molar-refractivity contribution in [2.75, 3.05) is 0 Å². The first-order valence-electron chi connectivity index (χ1n) is 9.08. The van der Waals surface area contributed by atoms with Crippen LogP contribution in [0.1, 0.15) is 11.1 Å². The van der Waals surface area contributed by atoms with Crippen LogP contribution in [0, 0.1) is 0 Å². The second-order valence-electron chi connectivity index (χ2n) is 6.42. The third-order valence-corrected chi connectivity index (χ3v) is 5.93. The van der Waals surface area contributed by atoms with E-state index in [9.17, 15) is 4.79 Å². The molecule has 3 aromatic carbocycles. The Morgan fingerprint density at radius 3 is 2.57 bits per heavy atom. The molecule has 1 saturated heterocycles. The lowest BCUT2D eigenvalue weighted by Gasteiger charge is -2.09. The molecule has 1 heterocycles. The SMILES string of the molecule is O=C1NC(=Nc2ccccc2)S/C1=C\c1ccc(OCc2ccc(Br)cc2)c(Cl)c1. The summed E-state index contributed by atoms with van der Waals surface area (Å²) < 4.78 is 6.84. The number of nitrogens with one attached hydrogen (secondary N) is 1. The molecule has 1 fully saturated rings. The molecule has 3 aromatic rings. The minimum Gasteiger partial charge on any atom is -0.487 e.